The molecule has 1 aromatic carbocycles. The zero-order chi connectivity index (χ0) is 26.0. The maximum absolute atomic E-state index is 12.4. The van der Waals surface area contributed by atoms with Crippen LogP contribution in [-0.4, -0.2) is 53.2 Å². The van der Waals surface area contributed by atoms with Gasteiger partial charge in [0.05, 0.1) is 13.7 Å². The van der Waals surface area contributed by atoms with Gasteiger partial charge in [-0.3, -0.25) is 4.79 Å². The van der Waals surface area contributed by atoms with Crippen molar-refractivity contribution in [1.29, 1.82) is 0 Å². The first kappa shape index (κ1) is 26.0. The number of piperidine rings is 1. The van der Waals surface area contributed by atoms with Gasteiger partial charge in [0.2, 0.25) is 5.95 Å². The highest BCUT2D eigenvalue weighted by atomic mass is 16.5. The number of rotatable bonds is 12. The van der Waals surface area contributed by atoms with Crippen molar-refractivity contribution in [2.45, 2.75) is 25.7 Å². The summed E-state index contributed by atoms with van der Waals surface area (Å²) in [7, 11) is 1.62. The van der Waals surface area contributed by atoms with Crippen LogP contribution < -0.4 is 25.7 Å². The fourth-order valence-electron chi connectivity index (χ4n) is 4.26. The molecule has 3 N–H and O–H groups in total. The third kappa shape index (κ3) is 6.98. The molecule has 4 rings (SSSR count). The zero-order valence-electron chi connectivity index (χ0n) is 21.3. The molecule has 2 aromatic heterocycles. The summed E-state index contributed by atoms with van der Waals surface area (Å²) in [6.07, 6.45) is 9.75. The molecule has 3 heterocycles. The molecule has 9 heteroatoms. The van der Waals surface area contributed by atoms with Crippen molar-refractivity contribution in [3.8, 4) is 11.5 Å². The Hall–Kier alpha value is -4.11. The van der Waals surface area contributed by atoms with Crippen LogP contribution in [0.4, 0.5) is 23.1 Å². The van der Waals surface area contributed by atoms with E-state index in [4.69, 9.17) is 9.47 Å². The van der Waals surface area contributed by atoms with Gasteiger partial charge >= 0.3 is 0 Å². The summed E-state index contributed by atoms with van der Waals surface area (Å²) in [5.74, 6) is 2.15. The van der Waals surface area contributed by atoms with Crippen molar-refractivity contribution in [3.63, 3.8) is 0 Å². The number of hydrogen-bond acceptors (Lipinski definition) is 8. The summed E-state index contributed by atoms with van der Waals surface area (Å²) in [6, 6.07) is 9.00. The van der Waals surface area contributed by atoms with E-state index < -0.39 is 0 Å². The van der Waals surface area contributed by atoms with E-state index in [2.05, 4.69) is 43.6 Å². The first-order chi connectivity index (χ1) is 18.1. The van der Waals surface area contributed by atoms with E-state index in [0.717, 1.165) is 24.2 Å². The smallest absolute Gasteiger partial charge is 0.272 e. The monoisotopic (exact) mass is 502 g/mol. The summed E-state index contributed by atoms with van der Waals surface area (Å²) in [5.41, 5.74) is 2.17. The molecule has 1 aliphatic rings. The lowest BCUT2D eigenvalue weighted by Crippen LogP contribution is -2.31. The number of nitrogens with one attached hydrogen (secondary N) is 3. The standard InChI is InChI=1S/C28H34N6O3/c1-4-20-18-23(27(35)32-22(20)5-2)31-26-12-13-29-28(33-26)30-21-10-11-24(25(19-21)36-3)37-17-9-16-34-14-7-6-8-15-34/h4-5,10-13,18-19H,1-2,6-9,14-17H2,3H3,(H,32,35)(H2,29,30,31,33). The van der Waals surface area contributed by atoms with Crippen molar-refractivity contribution < 1.29 is 9.47 Å². The second-order valence-corrected chi connectivity index (χ2v) is 8.77. The highest BCUT2D eigenvalue weighted by molar-refractivity contribution is 5.67. The lowest BCUT2D eigenvalue weighted by Gasteiger charge is -2.26. The van der Waals surface area contributed by atoms with Crippen LogP contribution in [-0.2, 0) is 0 Å². The highest BCUT2D eigenvalue weighted by Gasteiger charge is 2.11. The Labute approximate surface area is 217 Å². The van der Waals surface area contributed by atoms with Gasteiger partial charge in [-0.05, 0) is 68.3 Å². The molecule has 0 saturated carbocycles. The first-order valence-electron chi connectivity index (χ1n) is 12.5. The molecule has 0 bridgehead atoms. The van der Waals surface area contributed by atoms with E-state index in [1.54, 1.807) is 37.6 Å². The van der Waals surface area contributed by atoms with Crippen molar-refractivity contribution in [1.82, 2.24) is 19.9 Å². The molecular weight excluding hydrogens is 468 g/mol. The fraction of sp³-hybridized carbons (Fsp3) is 0.321. The maximum Gasteiger partial charge on any atom is 0.272 e. The van der Waals surface area contributed by atoms with Gasteiger partial charge in [0, 0.05) is 30.2 Å². The normalized spacial score (nSPS) is 13.5. The van der Waals surface area contributed by atoms with Crippen LogP contribution in [0.25, 0.3) is 12.2 Å². The van der Waals surface area contributed by atoms with Gasteiger partial charge in [0.15, 0.2) is 11.5 Å². The summed E-state index contributed by atoms with van der Waals surface area (Å²) in [6.45, 7) is 11.6. The Morgan fingerprint density at radius 2 is 1.92 bits per heavy atom. The van der Waals surface area contributed by atoms with Crippen LogP contribution in [0.15, 0.2) is 54.5 Å². The van der Waals surface area contributed by atoms with Crippen LogP contribution in [0.3, 0.4) is 0 Å². The Morgan fingerprint density at radius 1 is 1.08 bits per heavy atom. The molecule has 1 aliphatic heterocycles. The third-order valence-electron chi connectivity index (χ3n) is 6.19. The van der Waals surface area contributed by atoms with Gasteiger partial charge in [-0.2, -0.15) is 4.98 Å². The van der Waals surface area contributed by atoms with E-state index in [1.807, 2.05) is 18.2 Å². The summed E-state index contributed by atoms with van der Waals surface area (Å²) < 4.78 is 11.5. The minimum atomic E-state index is -0.287. The highest BCUT2D eigenvalue weighted by Crippen LogP contribution is 2.31. The van der Waals surface area contributed by atoms with Crippen LogP contribution in [0.1, 0.15) is 36.9 Å². The predicted octanol–water partition coefficient (Wildman–Crippen LogP) is 5.20. The number of nitrogens with zero attached hydrogens (tertiary/aromatic N) is 3. The average molecular weight is 503 g/mol. The first-order valence-corrected chi connectivity index (χ1v) is 12.5. The number of H-pyrrole nitrogens is 1. The number of pyridine rings is 1. The topological polar surface area (TPSA) is 104 Å². The molecule has 1 fully saturated rings. The quantitative estimate of drug-likeness (QED) is 0.290. The summed E-state index contributed by atoms with van der Waals surface area (Å²) in [4.78, 5) is 26.5. The van der Waals surface area contributed by atoms with Crippen LogP contribution in [0.2, 0.25) is 0 Å². The van der Waals surface area contributed by atoms with Gasteiger partial charge in [0.1, 0.15) is 11.5 Å². The largest absolute Gasteiger partial charge is 0.493 e. The Kier molecular flexibility index (Phi) is 8.93. The van der Waals surface area contributed by atoms with Crippen LogP contribution in [0.5, 0.6) is 11.5 Å². The van der Waals surface area contributed by atoms with Crippen LogP contribution >= 0.6 is 0 Å². The molecule has 1 saturated heterocycles. The molecule has 0 radical (unpaired) electrons. The zero-order valence-corrected chi connectivity index (χ0v) is 21.3. The van der Waals surface area contributed by atoms with Gasteiger partial charge in [0.25, 0.3) is 5.56 Å². The Morgan fingerprint density at radius 3 is 2.68 bits per heavy atom. The van der Waals surface area contributed by atoms with Gasteiger partial charge in [-0.15, -0.1) is 0 Å². The van der Waals surface area contributed by atoms with E-state index in [0.29, 0.717) is 41.3 Å². The SMILES string of the molecule is C=Cc1cc(Nc2ccnc(Nc3ccc(OCCCN4CCCCC4)c(OC)c3)n2)c(=O)[nH]c1C=C. The lowest BCUT2D eigenvalue weighted by molar-refractivity contribution is 0.203. The molecule has 9 nitrogen and oxygen atoms in total. The molecule has 37 heavy (non-hydrogen) atoms. The van der Waals surface area contributed by atoms with Gasteiger partial charge < -0.3 is 30.0 Å². The number of aromatic amines is 1. The molecule has 0 aliphatic carbocycles. The third-order valence-corrected chi connectivity index (χ3v) is 6.19. The molecule has 3 aromatic rings. The second-order valence-electron chi connectivity index (χ2n) is 8.77. The fourth-order valence-corrected chi connectivity index (χ4v) is 4.26. The number of anilines is 4. The number of ether oxygens (including phenoxy) is 2. The molecule has 0 unspecified atom stereocenters. The second kappa shape index (κ2) is 12.7. The number of methoxy groups -OCH3 is 1. The minimum absolute atomic E-state index is 0.287. The number of aromatic nitrogens is 3. The van der Waals surface area contributed by atoms with E-state index in [-0.39, 0.29) is 5.56 Å². The lowest BCUT2D eigenvalue weighted by atomic mass is 10.1. The average Bonchev–Trinajstić information content (AvgIpc) is 2.93. The van der Waals surface area contributed by atoms with E-state index in [1.165, 1.54) is 32.4 Å². The molecule has 0 amide bonds. The van der Waals surface area contributed by atoms with Crippen molar-refractivity contribution in [3.05, 3.63) is 71.3 Å². The van der Waals surface area contributed by atoms with Crippen molar-refractivity contribution in [2.75, 3.05) is 44.0 Å². The van der Waals surface area contributed by atoms with E-state index in [9.17, 15) is 4.79 Å². The van der Waals surface area contributed by atoms with Gasteiger partial charge in [-0.25, -0.2) is 4.98 Å². The summed E-state index contributed by atoms with van der Waals surface area (Å²) >= 11 is 0. The van der Waals surface area contributed by atoms with Crippen LogP contribution in [0, 0.1) is 0 Å². The van der Waals surface area contributed by atoms with Gasteiger partial charge in [-0.1, -0.05) is 25.7 Å². The molecule has 194 valence electrons. The summed E-state index contributed by atoms with van der Waals surface area (Å²) in [5, 5.41) is 6.22. The Balaban J connectivity index is 1.38. The predicted molar refractivity (Wildman–Crippen MR) is 149 cm³/mol. The molecule has 0 atom stereocenters. The number of likely N-dealkylation sites (tertiary alicyclic amines) is 1. The number of benzene rings is 1. The maximum atomic E-state index is 12.4. The molecule has 0 spiro atoms. The van der Waals surface area contributed by atoms with Crippen molar-refractivity contribution >= 4 is 35.3 Å². The Bertz CT molecular complexity index is 1280. The number of hydrogen-bond donors (Lipinski definition) is 3. The molecular formula is C28H34N6O3. The van der Waals surface area contributed by atoms with E-state index >= 15 is 0 Å². The minimum Gasteiger partial charge on any atom is -0.493 e. The van der Waals surface area contributed by atoms with Crippen molar-refractivity contribution in [2.24, 2.45) is 0 Å².